The van der Waals surface area contributed by atoms with E-state index >= 15 is 0 Å². The van der Waals surface area contributed by atoms with Gasteiger partial charge in [0.25, 0.3) is 5.56 Å². The van der Waals surface area contributed by atoms with E-state index in [1.165, 1.54) is 9.47 Å². The van der Waals surface area contributed by atoms with Crippen molar-refractivity contribution in [1.82, 2.24) is 9.88 Å². The van der Waals surface area contributed by atoms with Crippen LogP contribution < -0.4 is 15.8 Å². The van der Waals surface area contributed by atoms with Crippen LogP contribution in [0.25, 0.3) is 0 Å². The van der Waals surface area contributed by atoms with Gasteiger partial charge in [0.05, 0.1) is 0 Å². The number of hydrogen-bond acceptors (Lipinski definition) is 3. The minimum atomic E-state index is -0.559. The summed E-state index contributed by atoms with van der Waals surface area (Å²) in [6, 6.07) is 1.01. The molecule has 0 atom stereocenters. The highest BCUT2D eigenvalue weighted by Gasteiger charge is 2.26. The fraction of sp³-hybridized carbons (Fsp3) is 0.300. The van der Waals surface area contributed by atoms with Crippen LogP contribution in [0.4, 0.5) is 10.5 Å². The van der Waals surface area contributed by atoms with E-state index in [-0.39, 0.29) is 30.1 Å². The van der Waals surface area contributed by atoms with Crippen LogP contribution in [0.2, 0.25) is 0 Å². The molecule has 7 heteroatoms. The van der Waals surface area contributed by atoms with Gasteiger partial charge in [-0.05, 0) is 22.0 Å². The Bertz CT molecular complexity index is 552. The maximum atomic E-state index is 11.9. The molecule has 0 radical (unpaired) electrons. The maximum Gasteiger partial charge on any atom is 0.328 e. The van der Waals surface area contributed by atoms with E-state index in [1.54, 1.807) is 19.3 Å². The molecule has 1 fully saturated rings. The molecular formula is C10H10BrN3O3. The smallest absolute Gasteiger partial charge is 0.316 e. The van der Waals surface area contributed by atoms with Crippen molar-refractivity contribution in [3.05, 3.63) is 27.1 Å². The van der Waals surface area contributed by atoms with Crippen molar-refractivity contribution in [2.24, 2.45) is 7.05 Å². The van der Waals surface area contributed by atoms with Gasteiger partial charge < -0.3 is 4.57 Å². The molecule has 17 heavy (non-hydrogen) atoms. The summed E-state index contributed by atoms with van der Waals surface area (Å²) in [4.78, 5) is 35.8. The van der Waals surface area contributed by atoms with Crippen molar-refractivity contribution in [1.29, 1.82) is 0 Å². The zero-order chi connectivity index (χ0) is 12.6. The number of pyridine rings is 1. The van der Waals surface area contributed by atoms with E-state index in [2.05, 4.69) is 21.2 Å². The van der Waals surface area contributed by atoms with E-state index in [0.29, 0.717) is 4.47 Å². The number of aromatic nitrogens is 1. The zero-order valence-corrected chi connectivity index (χ0v) is 10.7. The maximum absolute atomic E-state index is 11.9. The normalized spacial score (nSPS) is 16.0. The highest BCUT2D eigenvalue weighted by molar-refractivity contribution is 9.10. The number of carbonyl (C=O) groups is 2. The molecule has 6 nitrogen and oxygen atoms in total. The van der Waals surface area contributed by atoms with Gasteiger partial charge in [-0.3, -0.25) is 19.8 Å². The lowest BCUT2D eigenvalue weighted by Gasteiger charge is -2.26. The van der Waals surface area contributed by atoms with Gasteiger partial charge >= 0.3 is 6.03 Å². The lowest BCUT2D eigenvalue weighted by atomic mass is 10.2. The van der Waals surface area contributed by atoms with Crippen LogP contribution in [0, 0.1) is 0 Å². The van der Waals surface area contributed by atoms with Crippen LogP contribution in [-0.4, -0.2) is 23.1 Å². The van der Waals surface area contributed by atoms with Crippen LogP contribution in [0.5, 0.6) is 0 Å². The number of halogens is 1. The summed E-state index contributed by atoms with van der Waals surface area (Å²) in [5.41, 5.74) is -0.0235. The Morgan fingerprint density at radius 2 is 2.06 bits per heavy atom. The highest BCUT2D eigenvalue weighted by Crippen LogP contribution is 2.17. The molecule has 0 bridgehead atoms. The van der Waals surface area contributed by atoms with Crippen LogP contribution in [0.1, 0.15) is 6.42 Å². The summed E-state index contributed by atoms with van der Waals surface area (Å²) in [6.45, 7) is 0.219. The fourth-order valence-electron chi connectivity index (χ4n) is 1.64. The van der Waals surface area contributed by atoms with Crippen LogP contribution in [0.15, 0.2) is 21.5 Å². The molecule has 2 heterocycles. The van der Waals surface area contributed by atoms with Gasteiger partial charge in [-0.1, -0.05) is 0 Å². The van der Waals surface area contributed by atoms with Crippen molar-refractivity contribution >= 4 is 33.6 Å². The summed E-state index contributed by atoms with van der Waals surface area (Å²) >= 11 is 3.26. The third kappa shape index (κ3) is 2.23. The molecule has 0 saturated carbocycles. The van der Waals surface area contributed by atoms with Gasteiger partial charge in [-0.25, -0.2) is 4.79 Å². The predicted molar refractivity (Wildman–Crippen MR) is 64.9 cm³/mol. The van der Waals surface area contributed by atoms with Gasteiger partial charge in [-0.15, -0.1) is 0 Å². The Morgan fingerprint density at radius 3 is 2.71 bits per heavy atom. The quantitative estimate of drug-likeness (QED) is 0.825. The number of urea groups is 1. The van der Waals surface area contributed by atoms with Crippen LogP contribution in [-0.2, 0) is 11.8 Å². The number of carbonyl (C=O) groups excluding carboxylic acids is 2. The highest BCUT2D eigenvalue weighted by atomic mass is 79.9. The van der Waals surface area contributed by atoms with Crippen molar-refractivity contribution in [3.8, 4) is 0 Å². The van der Waals surface area contributed by atoms with Gasteiger partial charge in [0.1, 0.15) is 5.69 Å². The molecule has 0 aliphatic carbocycles. The van der Waals surface area contributed by atoms with Crippen molar-refractivity contribution < 1.29 is 9.59 Å². The number of hydrogen-bond donors (Lipinski definition) is 1. The molecule has 3 amide bonds. The monoisotopic (exact) mass is 299 g/mol. The topological polar surface area (TPSA) is 71.4 Å². The first kappa shape index (κ1) is 11.8. The summed E-state index contributed by atoms with van der Waals surface area (Å²) in [5, 5.41) is 2.18. The Morgan fingerprint density at radius 1 is 1.35 bits per heavy atom. The minimum absolute atomic E-state index is 0.196. The number of aryl methyl sites for hydroxylation is 1. The number of nitrogens with one attached hydrogen (secondary N) is 1. The molecule has 1 aliphatic heterocycles. The summed E-state index contributed by atoms with van der Waals surface area (Å²) < 4.78 is 2.07. The summed E-state index contributed by atoms with van der Waals surface area (Å²) in [5.74, 6) is -0.321. The fourth-order valence-corrected chi connectivity index (χ4v) is 2.17. The Labute approximate surface area is 105 Å². The molecule has 1 aliphatic rings. The van der Waals surface area contributed by atoms with Crippen LogP contribution >= 0.6 is 15.9 Å². The number of imide groups is 1. The summed E-state index contributed by atoms with van der Waals surface area (Å²) in [7, 11) is 1.60. The number of amides is 3. The molecule has 0 aromatic carbocycles. The minimum Gasteiger partial charge on any atom is -0.316 e. The Balaban J connectivity index is 2.44. The lowest BCUT2D eigenvalue weighted by molar-refractivity contribution is -0.120. The second-order valence-corrected chi connectivity index (χ2v) is 4.63. The van der Waals surface area contributed by atoms with Crippen molar-refractivity contribution in [2.75, 3.05) is 11.4 Å². The van der Waals surface area contributed by atoms with Crippen molar-refractivity contribution in [3.63, 3.8) is 0 Å². The first-order chi connectivity index (χ1) is 7.99. The molecule has 1 N–H and O–H groups in total. The van der Waals surface area contributed by atoms with E-state index in [4.69, 9.17) is 0 Å². The van der Waals surface area contributed by atoms with Gasteiger partial charge in [-0.2, -0.15) is 0 Å². The molecule has 0 unspecified atom stereocenters. The Kier molecular flexibility index (Phi) is 3.01. The van der Waals surface area contributed by atoms with E-state index in [0.717, 1.165) is 0 Å². The number of anilines is 1. The third-order valence-electron chi connectivity index (χ3n) is 2.48. The molecule has 1 saturated heterocycles. The molecule has 2 rings (SSSR count). The average Bonchev–Trinajstić information content (AvgIpc) is 2.24. The number of rotatable bonds is 1. The SMILES string of the molecule is Cn1cc(Br)cc(N2CCC(=O)NC2=O)c1=O. The first-order valence-corrected chi connectivity index (χ1v) is 5.76. The van der Waals surface area contributed by atoms with E-state index < -0.39 is 6.03 Å². The van der Waals surface area contributed by atoms with E-state index in [9.17, 15) is 14.4 Å². The molecule has 1 aromatic heterocycles. The summed E-state index contributed by atoms with van der Waals surface area (Å²) in [6.07, 6.45) is 1.81. The van der Waals surface area contributed by atoms with Gasteiger partial charge in [0, 0.05) is 30.7 Å². The lowest BCUT2D eigenvalue weighted by Crippen LogP contribution is -2.51. The van der Waals surface area contributed by atoms with E-state index in [1.807, 2.05) is 0 Å². The largest absolute Gasteiger partial charge is 0.328 e. The van der Waals surface area contributed by atoms with Crippen LogP contribution in [0.3, 0.4) is 0 Å². The Hall–Kier alpha value is -1.63. The second-order valence-electron chi connectivity index (χ2n) is 3.71. The first-order valence-electron chi connectivity index (χ1n) is 4.96. The second kappa shape index (κ2) is 4.33. The molecular weight excluding hydrogens is 290 g/mol. The molecule has 0 spiro atoms. The predicted octanol–water partition coefficient (Wildman–Crippen LogP) is 0.594. The van der Waals surface area contributed by atoms with Crippen molar-refractivity contribution in [2.45, 2.75) is 6.42 Å². The standard InChI is InChI=1S/C10H10BrN3O3/c1-13-5-6(11)4-7(9(13)16)14-3-2-8(15)12-10(14)17/h4-5H,2-3H2,1H3,(H,12,15,17). The molecule has 90 valence electrons. The average molecular weight is 300 g/mol. The van der Waals surface area contributed by atoms with Gasteiger partial charge in [0.15, 0.2) is 0 Å². The third-order valence-corrected chi connectivity index (χ3v) is 2.91. The number of nitrogens with zero attached hydrogens (tertiary/aromatic N) is 2. The molecule has 1 aromatic rings. The zero-order valence-electron chi connectivity index (χ0n) is 9.07. The van der Waals surface area contributed by atoms with Gasteiger partial charge in [0.2, 0.25) is 5.91 Å².